The van der Waals surface area contributed by atoms with Crippen LogP contribution in [0.25, 0.3) is 0 Å². The van der Waals surface area contributed by atoms with Crippen LogP contribution in [0, 0.1) is 5.82 Å². The molecule has 24 heavy (non-hydrogen) atoms. The van der Waals surface area contributed by atoms with Crippen LogP contribution < -0.4 is 5.32 Å². The molecule has 0 spiro atoms. The molecule has 0 saturated heterocycles. The normalized spacial score (nSPS) is 11.6. The molecule has 1 N–H and O–H groups in total. The van der Waals surface area contributed by atoms with Crippen molar-refractivity contribution in [2.75, 3.05) is 18.2 Å². The lowest BCUT2D eigenvalue weighted by atomic mass is 10.2. The van der Waals surface area contributed by atoms with Crippen molar-refractivity contribution >= 4 is 40.0 Å². The molecule has 5 nitrogen and oxygen atoms in total. The molecule has 0 unspecified atom stereocenters. The van der Waals surface area contributed by atoms with Crippen molar-refractivity contribution in [2.45, 2.75) is 4.90 Å². The molecule has 2 rings (SSSR count). The number of carbonyl (C=O) groups excluding carboxylic acids is 2. The Morgan fingerprint density at radius 3 is 2.62 bits per heavy atom. The third-order valence-electron chi connectivity index (χ3n) is 2.95. The number of carbonyl (C=O) groups is 2. The number of nitrogens with one attached hydrogen (secondary N) is 1. The predicted molar refractivity (Wildman–Crippen MR) is 89.1 cm³/mol. The van der Waals surface area contributed by atoms with Crippen LogP contribution in [-0.4, -0.2) is 28.9 Å². The van der Waals surface area contributed by atoms with E-state index in [-0.39, 0.29) is 16.3 Å². The molecule has 0 aliphatic rings. The molecule has 2 aromatic rings. The number of amides is 1. The minimum atomic E-state index is -1.36. The summed E-state index contributed by atoms with van der Waals surface area (Å²) in [5.74, 6) is -1.97. The van der Waals surface area contributed by atoms with Crippen molar-refractivity contribution in [2.24, 2.45) is 0 Å². The van der Waals surface area contributed by atoms with Gasteiger partial charge in [-0.15, -0.1) is 0 Å². The summed E-state index contributed by atoms with van der Waals surface area (Å²) in [6, 6.07) is 9.95. The van der Waals surface area contributed by atoms with E-state index in [1.165, 1.54) is 24.5 Å². The van der Waals surface area contributed by atoms with Crippen LogP contribution in [0.1, 0.15) is 10.4 Å². The SMILES string of the molecule is C[S@](=O)c1ccccc1C(=O)OCC(=O)Nc1ccc(F)c(Cl)c1. The van der Waals surface area contributed by atoms with Crippen LogP contribution in [-0.2, 0) is 20.3 Å². The first kappa shape index (κ1) is 18.1. The van der Waals surface area contributed by atoms with Crippen molar-refractivity contribution in [3.8, 4) is 0 Å². The molecule has 0 aromatic heterocycles. The van der Waals surface area contributed by atoms with E-state index in [0.29, 0.717) is 4.90 Å². The van der Waals surface area contributed by atoms with E-state index < -0.39 is 35.1 Å². The zero-order chi connectivity index (χ0) is 17.7. The van der Waals surface area contributed by atoms with Gasteiger partial charge in [-0.1, -0.05) is 23.7 Å². The zero-order valence-electron chi connectivity index (χ0n) is 12.5. The minimum absolute atomic E-state index is 0.135. The Hall–Kier alpha value is -2.25. The summed E-state index contributed by atoms with van der Waals surface area (Å²) in [5, 5.41) is 2.29. The van der Waals surface area contributed by atoms with E-state index in [4.69, 9.17) is 16.3 Å². The first-order valence-corrected chi connectivity index (χ1v) is 8.66. The fraction of sp³-hybridized carbons (Fsp3) is 0.125. The molecular weight excluding hydrogens is 357 g/mol. The van der Waals surface area contributed by atoms with Gasteiger partial charge in [0.25, 0.3) is 5.91 Å². The van der Waals surface area contributed by atoms with Crippen molar-refractivity contribution in [3.63, 3.8) is 0 Å². The van der Waals surface area contributed by atoms with Crippen LogP contribution in [0.15, 0.2) is 47.4 Å². The third-order valence-corrected chi connectivity index (χ3v) is 4.22. The van der Waals surface area contributed by atoms with Gasteiger partial charge < -0.3 is 10.1 Å². The Labute approximate surface area is 145 Å². The van der Waals surface area contributed by atoms with E-state index in [1.54, 1.807) is 18.2 Å². The van der Waals surface area contributed by atoms with Gasteiger partial charge >= 0.3 is 5.97 Å². The van der Waals surface area contributed by atoms with E-state index >= 15 is 0 Å². The first-order valence-electron chi connectivity index (χ1n) is 6.73. The highest BCUT2D eigenvalue weighted by molar-refractivity contribution is 7.84. The second kappa shape index (κ2) is 8.03. The molecule has 0 radical (unpaired) electrons. The fourth-order valence-corrected chi connectivity index (χ4v) is 2.78. The van der Waals surface area contributed by atoms with Gasteiger partial charge in [-0.2, -0.15) is 0 Å². The highest BCUT2D eigenvalue weighted by atomic mass is 35.5. The Balaban J connectivity index is 1.97. The van der Waals surface area contributed by atoms with E-state index in [0.717, 1.165) is 6.07 Å². The maximum atomic E-state index is 13.0. The summed E-state index contributed by atoms with van der Waals surface area (Å²) in [7, 11) is -1.36. The number of anilines is 1. The van der Waals surface area contributed by atoms with Crippen molar-refractivity contribution in [1.29, 1.82) is 0 Å². The molecule has 126 valence electrons. The topological polar surface area (TPSA) is 72.5 Å². The van der Waals surface area contributed by atoms with Gasteiger partial charge in [0.2, 0.25) is 0 Å². The molecule has 0 saturated carbocycles. The van der Waals surface area contributed by atoms with Gasteiger partial charge in [0.1, 0.15) is 5.82 Å². The van der Waals surface area contributed by atoms with Gasteiger partial charge in [0.15, 0.2) is 6.61 Å². The largest absolute Gasteiger partial charge is 0.452 e. The summed E-state index contributed by atoms with van der Waals surface area (Å²) in [6.45, 7) is -0.543. The average molecular weight is 370 g/mol. The smallest absolute Gasteiger partial charge is 0.339 e. The maximum absolute atomic E-state index is 13.0. The lowest BCUT2D eigenvalue weighted by molar-refractivity contribution is -0.119. The molecule has 0 fully saturated rings. The van der Waals surface area contributed by atoms with Crippen LogP contribution in [0.4, 0.5) is 10.1 Å². The predicted octanol–water partition coefficient (Wildman–Crippen LogP) is 3.01. The van der Waals surface area contributed by atoms with Gasteiger partial charge in [-0.05, 0) is 30.3 Å². The molecule has 0 aliphatic heterocycles. The summed E-state index contributed by atoms with van der Waals surface area (Å²) < 4.78 is 29.5. The Kier molecular flexibility index (Phi) is 6.05. The summed E-state index contributed by atoms with van der Waals surface area (Å²) >= 11 is 5.61. The molecule has 0 heterocycles. The number of halogens is 2. The van der Waals surface area contributed by atoms with Gasteiger partial charge in [-0.3, -0.25) is 9.00 Å². The molecule has 8 heteroatoms. The number of benzene rings is 2. The minimum Gasteiger partial charge on any atom is -0.452 e. The van der Waals surface area contributed by atoms with E-state index in [1.807, 2.05) is 0 Å². The Morgan fingerprint density at radius 1 is 1.25 bits per heavy atom. The maximum Gasteiger partial charge on any atom is 0.339 e. The molecular formula is C16H13ClFNO4S. The fourth-order valence-electron chi connectivity index (χ4n) is 1.87. The summed E-state index contributed by atoms with van der Waals surface area (Å²) in [5.41, 5.74) is 0.411. The monoisotopic (exact) mass is 369 g/mol. The lowest BCUT2D eigenvalue weighted by Gasteiger charge is -2.09. The van der Waals surface area contributed by atoms with E-state index in [2.05, 4.69) is 5.32 Å². The van der Waals surface area contributed by atoms with Gasteiger partial charge in [0.05, 0.1) is 26.3 Å². The van der Waals surface area contributed by atoms with Crippen molar-refractivity contribution in [1.82, 2.24) is 0 Å². The molecule has 1 amide bonds. The molecule has 0 aliphatic carbocycles. The highest BCUT2D eigenvalue weighted by Gasteiger charge is 2.16. The zero-order valence-corrected chi connectivity index (χ0v) is 14.1. The van der Waals surface area contributed by atoms with Gasteiger partial charge in [0, 0.05) is 11.9 Å². The van der Waals surface area contributed by atoms with Crippen LogP contribution in [0.5, 0.6) is 0 Å². The third kappa shape index (κ3) is 4.62. The quantitative estimate of drug-likeness (QED) is 0.822. The number of rotatable bonds is 5. The molecule has 2 aromatic carbocycles. The summed E-state index contributed by atoms with van der Waals surface area (Å²) in [4.78, 5) is 24.1. The number of esters is 1. The van der Waals surface area contributed by atoms with Crippen molar-refractivity contribution in [3.05, 3.63) is 58.9 Å². The standard InChI is InChI=1S/C16H13ClFNO4S/c1-24(22)14-5-3-2-4-11(14)16(21)23-9-15(20)19-10-6-7-13(18)12(17)8-10/h2-8H,9H2,1H3,(H,19,20)/t24-/m0/s1. The average Bonchev–Trinajstić information content (AvgIpc) is 2.56. The first-order chi connectivity index (χ1) is 11.4. The van der Waals surface area contributed by atoms with Gasteiger partial charge in [-0.25, -0.2) is 9.18 Å². The second-order valence-electron chi connectivity index (χ2n) is 4.70. The second-order valence-corrected chi connectivity index (χ2v) is 6.46. The molecule has 0 bridgehead atoms. The van der Waals surface area contributed by atoms with Crippen LogP contribution >= 0.6 is 11.6 Å². The lowest BCUT2D eigenvalue weighted by Crippen LogP contribution is -2.21. The Bertz CT molecular complexity index is 812. The molecule has 1 atom stereocenters. The summed E-state index contributed by atoms with van der Waals surface area (Å²) in [6.07, 6.45) is 1.44. The Morgan fingerprint density at radius 2 is 1.96 bits per heavy atom. The highest BCUT2D eigenvalue weighted by Crippen LogP contribution is 2.19. The van der Waals surface area contributed by atoms with Crippen LogP contribution in [0.3, 0.4) is 0 Å². The van der Waals surface area contributed by atoms with Crippen LogP contribution in [0.2, 0.25) is 5.02 Å². The number of ether oxygens (including phenoxy) is 1. The van der Waals surface area contributed by atoms with Crippen molar-refractivity contribution < 1.29 is 22.9 Å². The van der Waals surface area contributed by atoms with E-state index in [9.17, 15) is 18.2 Å². The number of hydrogen-bond donors (Lipinski definition) is 1. The number of hydrogen-bond acceptors (Lipinski definition) is 4.